The molecule has 0 spiro atoms. The Kier molecular flexibility index (Phi) is 3.84. The van der Waals surface area contributed by atoms with Crippen molar-refractivity contribution in [3.05, 3.63) is 11.9 Å². The fourth-order valence-electron chi connectivity index (χ4n) is 1.12. The maximum Gasteiger partial charge on any atom is 0.236 e. The van der Waals surface area contributed by atoms with Gasteiger partial charge in [-0.1, -0.05) is 6.92 Å². The summed E-state index contributed by atoms with van der Waals surface area (Å²) in [5, 5.41) is 2.78. The third-order valence-electron chi connectivity index (χ3n) is 1.71. The molecule has 0 aromatic carbocycles. The molecule has 6 heteroatoms. The normalized spacial score (nSPS) is 9.93. The number of nitrogens with one attached hydrogen (secondary N) is 1. The van der Waals surface area contributed by atoms with E-state index < -0.39 is 5.91 Å². The molecule has 1 aromatic heterocycles. The minimum absolute atomic E-state index is 0.0437. The molecule has 6 nitrogen and oxygen atoms in total. The number of carbonyl (C=O) groups is 1. The summed E-state index contributed by atoms with van der Waals surface area (Å²) in [6.07, 6.45) is 1.70. The maximum absolute atomic E-state index is 10.6. The van der Waals surface area contributed by atoms with Gasteiger partial charge in [0.2, 0.25) is 5.91 Å². The highest BCUT2D eigenvalue weighted by atomic mass is 16.1. The van der Waals surface area contributed by atoms with Crippen molar-refractivity contribution in [2.24, 2.45) is 5.73 Å². The molecule has 1 amide bonds. The standard InChI is InChI=1S/C9H15N5O/c1-2-3-8-13-6(10)4-9(14-8)12-5-7(11)15/h4H,2-3,5H2,1H3,(H2,11,15)(H3,10,12,13,14). The molecule has 1 heterocycles. The van der Waals surface area contributed by atoms with Crippen LogP contribution in [-0.2, 0) is 11.2 Å². The van der Waals surface area contributed by atoms with Crippen LogP contribution in [0.1, 0.15) is 19.2 Å². The predicted molar refractivity (Wildman–Crippen MR) is 58.1 cm³/mol. The van der Waals surface area contributed by atoms with Gasteiger partial charge in [0.05, 0.1) is 6.54 Å². The number of aromatic nitrogens is 2. The number of primary amides is 1. The largest absolute Gasteiger partial charge is 0.384 e. The van der Waals surface area contributed by atoms with Gasteiger partial charge in [0.15, 0.2) is 0 Å². The molecule has 0 bridgehead atoms. The highest BCUT2D eigenvalue weighted by molar-refractivity contribution is 5.78. The molecule has 0 fully saturated rings. The Labute approximate surface area is 88.1 Å². The second kappa shape index (κ2) is 5.14. The van der Waals surface area contributed by atoms with Crippen LogP contribution in [0.3, 0.4) is 0 Å². The van der Waals surface area contributed by atoms with Crippen LogP contribution in [0.5, 0.6) is 0 Å². The third-order valence-corrected chi connectivity index (χ3v) is 1.71. The van der Waals surface area contributed by atoms with Crippen LogP contribution in [0, 0.1) is 0 Å². The number of nitrogen functional groups attached to an aromatic ring is 1. The van der Waals surface area contributed by atoms with Crippen LogP contribution in [0.25, 0.3) is 0 Å². The Morgan fingerprint density at radius 2 is 2.27 bits per heavy atom. The molecule has 5 N–H and O–H groups in total. The zero-order chi connectivity index (χ0) is 11.3. The molecule has 82 valence electrons. The first-order valence-electron chi connectivity index (χ1n) is 4.77. The van der Waals surface area contributed by atoms with Crippen LogP contribution in [0.15, 0.2) is 6.07 Å². The summed E-state index contributed by atoms with van der Waals surface area (Å²) >= 11 is 0. The average Bonchev–Trinajstić information content (AvgIpc) is 2.14. The van der Waals surface area contributed by atoms with Crippen molar-refractivity contribution in [3.63, 3.8) is 0 Å². The van der Waals surface area contributed by atoms with Gasteiger partial charge in [0.25, 0.3) is 0 Å². The minimum atomic E-state index is -0.441. The van der Waals surface area contributed by atoms with Gasteiger partial charge in [-0.05, 0) is 6.42 Å². The number of hydrogen-bond donors (Lipinski definition) is 3. The summed E-state index contributed by atoms with van der Waals surface area (Å²) in [6.45, 7) is 2.07. The van der Waals surface area contributed by atoms with E-state index in [0.29, 0.717) is 17.5 Å². The Balaban J connectivity index is 2.74. The zero-order valence-electron chi connectivity index (χ0n) is 8.66. The van der Waals surface area contributed by atoms with Gasteiger partial charge in [-0.2, -0.15) is 0 Å². The van der Waals surface area contributed by atoms with E-state index >= 15 is 0 Å². The van der Waals surface area contributed by atoms with E-state index in [1.165, 1.54) is 0 Å². The molecule has 0 atom stereocenters. The van der Waals surface area contributed by atoms with Crippen molar-refractivity contribution in [1.29, 1.82) is 0 Å². The summed E-state index contributed by atoms with van der Waals surface area (Å²) in [5.74, 6) is 1.15. The van der Waals surface area contributed by atoms with E-state index in [4.69, 9.17) is 11.5 Å². The van der Waals surface area contributed by atoms with E-state index in [0.717, 1.165) is 12.8 Å². The van der Waals surface area contributed by atoms with Crippen molar-refractivity contribution < 1.29 is 4.79 Å². The quantitative estimate of drug-likeness (QED) is 0.628. The maximum atomic E-state index is 10.6. The van der Waals surface area contributed by atoms with Gasteiger partial charge < -0.3 is 16.8 Å². The van der Waals surface area contributed by atoms with Crippen LogP contribution < -0.4 is 16.8 Å². The van der Waals surface area contributed by atoms with E-state index in [2.05, 4.69) is 15.3 Å². The van der Waals surface area contributed by atoms with Gasteiger partial charge >= 0.3 is 0 Å². The molecule has 0 aliphatic heterocycles. The monoisotopic (exact) mass is 209 g/mol. The van der Waals surface area contributed by atoms with E-state index in [1.807, 2.05) is 6.92 Å². The molecule has 0 saturated carbocycles. The van der Waals surface area contributed by atoms with Gasteiger partial charge in [0, 0.05) is 12.5 Å². The number of nitrogens with two attached hydrogens (primary N) is 2. The number of hydrogen-bond acceptors (Lipinski definition) is 5. The van der Waals surface area contributed by atoms with Crippen LogP contribution in [-0.4, -0.2) is 22.4 Å². The summed E-state index contributed by atoms with van der Waals surface area (Å²) in [5.41, 5.74) is 10.6. The SMILES string of the molecule is CCCc1nc(N)cc(NCC(N)=O)n1. The number of anilines is 2. The zero-order valence-corrected chi connectivity index (χ0v) is 8.66. The molecule has 0 saturated heterocycles. The van der Waals surface area contributed by atoms with E-state index in [-0.39, 0.29) is 6.54 Å². The highest BCUT2D eigenvalue weighted by Gasteiger charge is 2.02. The second-order valence-electron chi connectivity index (χ2n) is 3.16. The van der Waals surface area contributed by atoms with E-state index in [9.17, 15) is 4.79 Å². The van der Waals surface area contributed by atoms with E-state index in [1.54, 1.807) is 6.07 Å². The smallest absolute Gasteiger partial charge is 0.236 e. The Hall–Kier alpha value is -1.85. The first kappa shape index (κ1) is 11.2. The number of carbonyl (C=O) groups excluding carboxylic acids is 1. The highest BCUT2D eigenvalue weighted by Crippen LogP contribution is 2.08. The lowest BCUT2D eigenvalue weighted by molar-refractivity contribution is -0.116. The Morgan fingerprint density at radius 1 is 1.53 bits per heavy atom. The Morgan fingerprint density at radius 3 is 2.87 bits per heavy atom. The van der Waals surface area contributed by atoms with Gasteiger partial charge in [-0.15, -0.1) is 0 Å². The number of aryl methyl sites for hydroxylation is 1. The molecule has 15 heavy (non-hydrogen) atoms. The van der Waals surface area contributed by atoms with Gasteiger partial charge in [-0.3, -0.25) is 4.79 Å². The fraction of sp³-hybridized carbons (Fsp3) is 0.444. The van der Waals surface area contributed by atoms with Crippen LogP contribution >= 0.6 is 0 Å². The van der Waals surface area contributed by atoms with Crippen LogP contribution in [0.2, 0.25) is 0 Å². The number of amides is 1. The lowest BCUT2D eigenvalue weighted by Crippen LogP contribution is -2.22. The van der Waals surface area contributed by atoms with Crippen molar-refractivity contribution >= 4 is 17.5 Å². The van der Waals surface area contributed by atoms with Crippen molar-refractivity contribution in [3.8, 4) is 0 Å². The molecule has 0 aliphatic rings. The number of rotatable bonds is 5. The van der Waals surface area contributed by atoms with Gasteiger partial charge in [0.1, 0.15) is 17.5 Å². The topological polar surface area (TPSA) is 107 Å². The predicted octanol–water partition coefficient (Wildman–Crippen LogP) is -0.0915. The minimum Gasteiger partial charge on any atom is -0.384 e. The van der Waals surface area contributed by atoms with Crippen molar-refractivity contribution in [1.82, 2.24) is 9.97 Å². The van der Waals surface area contributed by atoms with Crippen LogP contribution in [0.4, 0.5) is 11.6 Å². The first-order chi connectivity index (χ1) is 7.11. The summed E-state index contributed by atoms with van der Waals surface area (Å²) < 4.78 is 0. The molecule has 0 aliphatic carbocycles. The molecule has 1 aromatic rings. The molecule has 0 radical (unpaired) electrons. The molecular formula is C9H15N5O. The lowest BCUT2D eigenvalue weighted by atomic mass is 10.3. The van der Waals surface area contributed by atoms with Gasteiger partial charge in [-0.25, -0.2) is 9.97 Å². The fourth-order valence-corrected chi connectivity index (χ4v) is 1.12. The summed E-state index contributed by atoms with van der Waals surface area (Å²) in [6, 6.07) is 1.57. The molecule has 0 unspecified atom stereocenters. The molecule has 1 rings (SSSR count). The lowest BCUT2D eigenvalue weighted by Gasteiger charge is -2.06. The Bertz CT molecular complexity index is 352. The summed E-state index contributed by atoms with van der Waals surface area (Å²) in [4.78, 5) is 18.8. The molecular weight excluding hydrogens is 194 g/mol. The van der Waals surface area contributed by atoms with Crippen molar-refractivity contribution in [2.75, 3.05) is 17.6 Å². The summed E-state index contributed by atoms with van der Waals surface area (Å²) in [7, 11) is 0. The number of nitrogens with zero attached hydrogens (tertiary/aromatic N) is 2. The second-order valence-corrected chi connectivity index (χ2v) is 3.16. The third kappa shape index (κ3) is 3.80. The van der Waals surface area contributed by atoms with Crippen molar-refractivity contribution in [2.45, 2.75) is 19.8 Å². The average molecular weight is 209 g/mol. The first-order valence-corrected chi connectivity index (χ1v) is 4.77.